The van der Waals surface area contributed by atoms with E-state index >= 15 is 0 Å². The highest BCUT2D eigenvalue weighted by Gasteiger charge is 2.43. The second-order valence-corrected chi connectivity index (χ2v) is 7.86. The van der Waals surface area contributed by atoms with Crippen molar-refractivity contribution in [2.45, 2.75) is 45.0 Å². The molecule has 9 heteroatoms. The highest BCUT2D eigenvalue weighted by Crippen LogP contribution is 2.34. The first-order valence-corrected chi connectivity index (χ1v) is 10.8. The summed E-state index contributed by atoms with van der Waals surface area (Å²) in [6, 6.07) is 9.90. The number of para-hydroxylation sites is 1. The third-order valence-electron chi connectivity index (χ3n) is 6.01. The van der Waals surface area contributed by atoms with Gasteiger partial charge in [0.25, 0.3) is 0 Å². The van der Waals surface area contributed by atoms with E-state index in [0.29, 0.717) is 26.1 Å². The van der Waals surface area contributed by atoms with Crippen molar-refractivity contribution >= 4 is 11.6 Å². The number of nitrogens with zero attached hydrogens (tertiary/aromatic N) is 6. The smallest absolute Gasteiger partial charge is 0.240 e. The molecule has 1 aromatic carbocycles. The van der Waals surface area contributed by atoms with Gasteiger partial charge in [-0.15, -0.1) is 0 Å². The molecule has 0 aliphatic carbocycles. The van der Waals surface area contributed by atoms with Crippen LogP contribution in [0.25, 0.3) is 0 Å². The van der Waals surface area contributed by atoms with Crippen LogP contribution in [0.15, 0.2) is 40.8 Å². The van der Waals surface area contributed by atoms with Crippen LogP contribution < -0.4 is 4.90 Å². The van der Waals surface area contributed by atoms with Crippen LogP contribution in [0, 0.1) is 0 Å². The number of piperidine rings is 1. The van der Waals surface area contributed by atoms with Gasteiger partial charge in [0.15, 0.2) is 0 Å². The van der Waals surface area contributed by atoms with Gasteiger partial charge in [-0.25, -0.2) is 10.0 Å². The summed E-state index contributed by atoms with van der Waals surface area (Å²) in [6.07, 6.45) is 1.32. The highest BCUT2D eigenvalue weighted by molar-refractivity contribution is 5.94. The molecule has 2 aliphatic rings. The van der Waals surface area contributed by atoms with Crippen LogP contribution in [-0.4, -0.2) is 84.3 Å². The van der Waals surface area contributed by atoms with Crippen molar-refractivity contribution in [3.63, 3.8) is 0 Å². The molecular formula is C21H34N6O3. The molecule has 1 unspecified atom stereocenters. The summed E-state index contributed by atoms with van der Waals surface area (Å²) >= 11 is 0. The van der Waals surface area contributed by atoms with E-state index in [4.69, 9.17) is 4.74 Å². The SMILES string of the molecule is CCC(=O)N(c1ccccc1)C1(COC)CCN(CCN2N=NN(CC)C2O)CC1. The number of ether oxygens (including phenoxy) is 1. The Morgan fingerprint density at radius 1 is 1.17 bits per heavy atom. The van der Waals surface area contributed by atoms with E-state index in [1.807, 2.05) is 49.1 Å². The number of anilines is 1. The number of carbonyl (C=O) groups is 1. The molecule has 166 valence electrons. The number of carbonyl (C=O) groups excluding carboxylic acids is 1. The van der Waals surface area contributed by atoms with E-state index in [-0.39, 0.29) is 11.4 Å². The number of amides is 1. The Hall–Kier alpha value is -2.23. The third-order valence-corrected chi connectivity index (χ3v) is 6.01. The average molecular weight is 419 g/mol. The molecule has 2 aliphatic heterocycles. The molecule has 0 aromatic heterocycles. The lowest BCUT2D eigenvalue weighted by molar-refractivity contribution is -0.120. The lowest BCUT2D eigenvalue weighted by Gasteiger charge is -2.48. The van der Waals surface area contributed by atoms with Crippen LogP contribution >= 0.6 is 0 Å². The number of rotatable bonds is 9. The van der Waals surface area contributed by atoms with Crippen LogP contribution in [0.5, 0.6) is 0 Å². The zero-order valence-electron chi connectivity index (χ0n) is 18.3. The van der Waals surface area contributed by atoms with E-state index in [9.17, 15) is 9.90 Å². The van der Waals surface area contributed by atoms with Crippen LogP contribution in [0.3, 0.4) is 0 Å². The van der Waals surface area contributed by atoms with E-state index < -0.39 is 6.35 Å². The minimum atomic E-state index is -0.789. The predicted octanol–water partition coefficient (Wildman–Crippen LogP) is 2.11. The monoisotopic (exact) mass is 418 g/mol. The molecule has 1 saturated heterocycles. The van der Waals surface area contributed by atoms with E-state index in [0.717, 1.165) is 38.2 Å². The van der Waals surface area contributed by atoms with Crippen LogP contribution in [0.4, 0.5) is 5.69 Å². The lowest BCUT2D eigenvalue weighted by atomic mass is 9.85. The van der Waals surface area contributed by atoms with Gasteiger partial charge in [-0.1, -0.05) is 25.1 Å². The van der Waals surface area contributed by atoms with Crippen molar-refractivity contribution in [2.75, 3.05) is 51.3 Å². The number of benzene rings is 1. The molecule has 3 rings (SSSR count). The Labute approximate surface area is 178 Å². The topological polar surface area (TPSA) is 84.2 Å². The van der Waals surface area contributed by atoms with E-state index in [1.54, 1.807) is 17.1 Å². The summed E-state index contributed by atoms with van der Waals surface area (Å²) in [6.45, 7) is 8.05. The molecule has 30 heavy (non-hydrogen) atoms. The first-order valence-electron chi connectivity index (χ1n) is 10.8. The van der Waals surface area contributed by atoms with Crippen molar-refractivity contribution in [1.82, 2.24) is 14.9 Å². The minimum absolute atomic E-state index is 0.118. The van der Waals surface area contributed by atoms with Crippen LogP contribution in [-0.2, 0) is 9.53 Å². The van der Waals surface area contributed by atoms with Crippen molar-refractivity contribution in [3.05, 3.63) is 30.3 Å². The van der Waals surface area contributed by atoms with Gasteiger partial charge in [-0.2, -0.15) is 0 Å². The Morgan fingerprint density at radius 3 is 2.40 bits per heavy atom. The van der Waals surface area contributed by atoms with Crippen molar-refractivity contribution in [1.29, 1.82) is 0 Å². The summed E-state index contributed by atoms with van der Waals surface area (Å²) in [7, 11) is 1.70. The quantitative estimate of drug-likeness (QED) is 0.661. The molecular weight excluding hydrogens is 384 g/mol. The molecule has 1 N–H and O–H groups in total. The Morgan fingerprint density at radius 2 is 1.83 bits per heavy atom. The Kier molecular flexibility index (Phi) is 7.63. The molecule has 2 heterocycles. The van der Waals surface area contributed by atoms with Crippen molar-refractivity contribution < 1.29 is 14.6 Å². The van der Waals surface area contributed by atoms with Gasteiger partial charge in [0.05, 0.1) is 18.7 Å². The van der Waals surface area contributed by atoms with Crippen LogP contribution in [0.1, 0.15) is 33.1 Å². The largest absolute Gasteiger partial charge is 0.382 e. The van der Waals surface area contributed by atoms with E-state index in [2.05, 4.69) is 15.3 Å². The second-order valence-electron chi connectivity index (χ2n) is 7.86. The summed E-state index contributed by atoms with van der Waals surface area (Å²) < 4.78 is 5.61. The van der Waals surface area contributed by atoms with E-state index in [1.165, 1.54) is 0 Å². The maximum atomic E-state index is 13.0. The molecule has 0 radical (unpaired) electrons. The fourth-order valence-electron chi connectivity index (χ4n) is 4.29. The van der Waals surface area contributed by atoms with Gasteiger partial charge in [0.1, 0.15) is 0 Å². The summed E-state index contributed by atoms with van der Waals surface area (Å²) in [5, 5.41) is 21.4. The van der Waals surface area contributed by atoms with Crippen LogP contribution in [0.2, 0.25) is 0 Å². The van der Waals surface area contributed by atoms with Gasteiger partial charge < -0.3 is 19.6 Å². The maximum Gasteiger partial charge on any atom is 0.240 e. The number of hydrogen-bond donors (Lipinski definition) is 1. The van der Waals surface area contributed by atoms with Crippen molar-refractivity contribution in [3.8, 4) is 0 Å². The molecule has 0 bridgehead atoms. The van der Waals surface area contributed by atoms with Gasteiger partial charge >= 0.3 is 0 Å². The first-order chi connectivity index (χ1) is 14.5. The molecule has 0 spiro atoms. The highest BCUT2D eigenvalue weighted by atomic mass is 16.5. The average Bonchev–Trinajstić information content (AvgIpc) is 3.13. The molecule has 1 atom stereocenters. The van der Waals surface area contributed by atoms with Gasteiger partial charge in [0.2, 0.25) is 12.3 Å². The third kappa shape index (κ3) is 4.74. The molecule has 9 nitrogen and oxygen atoms in total. The molecule has 1 amide bonds. The maximum absolute atomic E-state index is 13.0. The summed E-state index contributed by atoms with van der Waals surface area (Å²) in [5.74, 6) is 0.118. The fraction of sp³-hybridized carbons (Fsp3) is 0.667. The lowest BCUT2D eigenvalue weighted by Crippen LogP contribution is -2.60. The first kappa shape index (κ1) is 22.5. The standard InChI is InChI=1S/C21H34N6O3/c1-4-19(28)27(18-9-7-6-8-10-18)21(17-30-3)11-13-24(14-12-21)15-16-26-20(29)25(5-2)22-23-26/h6-10,20,29H,4-5,11-17H2,1-3H3. The predicted molar refractivity (Wildman–Crippen MR) is 114 cm³/mol. The fourth-order valence-corrected chi connectivity index (χ4v) is 4.29. The number of aliphatic hydroxyl groups is 1. The summed E-state index contributed by atoms with van der Waals surface area (Å²) in [5.41, 5.74) is 0.570. The Balaban J connectivity index is 1.66. The number of hydrogen-bond acceptors (Lipinski definition) is 8. The van der Waals surface area contributed by atoms with Gasteiger partial charge in [0, 0.05) is 45.4 Å². The van der Waals surface area contributed by atoms with Gasteiger partial charge in [-0.3, -0.25) is 4.79 Å². The zero-order valence-corrected chi connectivity index (χ0v) is 18.3. The zero-order chi connectivity index (χ0) is 21.6. The number of likely N-dealkylation sites (tertiary alicyclic amines) is 1. The number of aliphatic hydroxyl groups excluding tert-OH is 1. The normalized spacial score (nSPS) is 21.3. The second kappa shape index (κ2) is 10.2. The molecule has 1 fully saturated rings. The van der Waals surface area contributed by atoms with Gasteiger partial charge in [-0.05, 0) is 42.3 Å². The molecule has 1 aromatic rings. The summed E-state index contributed by atoms with van der Waals surface area (Å²) in [4.78, 5) is 17.3. The number of methoxy groups -OCH3 is 1. The van der Waals surface area contributed by atoms with Crippen molar-refractivity contribution in [2.24, 2.45) is 10.4 Å². The minimum Gasteiger partial charge on any atom is -0.382 e. The molecule has 0 saturated carbocycles. The Bertz CT molecular complexity index is 708.